The Hall–Kier alpha value is -3.59. The highest BCUT2D eigenvalue weighted by atomic mass is 32.2. The van der Waals surface area contributed by atoms with Crippen LogP contribution in [0.1, 0.15) is 24.2 Å². The molecule has 0 aromatic heterocycles. The highest BCUT2D eigenvalue weighted by Crippen LogP contribution is 2.36. The number of benzene rings is 3. The molecule has 0 saturated heterocycles. The molecular weight excluding hydrogens is 408 g/mol. The summed E-state index contributed by atoms with van der Waals surface area (Å²) in [6.07, 6.45) is 0. The van der Waals surface area contributed by atoms with E-state index in [-0.39, 0.29) is 28.5 Å². The second kappa shape index (κ2) is 8.42. The van der Waals surface area contributed by atoms with Crippen LogP contribution in [0.15, 0.2) is 59.5 Å². The lowest BCUT2D eigenvalue weighted by Crippen LogP contribution is -2.13. The van der Waals surface area contributed by atoms with Gasteiger partial charge in [0.15, 0.2) is 0 Å². The number of sulfonamides is 1. The zero-order chi connectivity index (χ0) is 21.9. The number of esters is 1. The minimum absolute atomic E-state index is 0.217. The maximum Gasteiger partial charge on any atom is 0.338 e. The van der Waals surface area contributed by atoms with E-state index in [1.54, 1.807) is 25.1 Å². The lowest BCUT2D eigenvalue weighted by Gasteiger charge is -2.13. The van der Waals surface area contributed by atoms with Crippen LogP contribution in [0.4, 0.5) is 11.4 Å². The number of fused-ring (bicyclic) bond motifs is 1. The molecule has 9 heteroatoms. The Morgan fingerprint density at radius 1 is 1.00 bits per heavy atom. The Labute approximate surface area is 173 Å². The van der Waals surface area contributed by atoms with Gasteiger partial charge in [0.25, 0.3) is 10.0 Å². The first-order valence-corrected chi connectivity index (χ1v) is 10.5. The highest BCUT2D eigenvalue weighted by Gasteiger charge is 2.21. The van der Waals surface area contributed by atoms with E-state index in [0.717, 1.165) is 0 Å². The van der Waals surface area contributed by atoms with Gasteiger partial charge < -0.3 is 15.2 Å². The van der Waals surface area contributed by atoms with Gasteiger partial charge in [-0.25, -0.2) is 13.2 Å². The number of phenols is 1. The summed E-state index contributed by atoms with van der Waals surface area (Å²) in [5.41, 5.74) is 0.968. The molecule has 0 bridgehead atoms. The summed E-state index contributed by atoms with van der Waals surface area (Å²) >= 11 is 0. The molecule has 3 N–H and O–H groups in total. The Bertz CT molecular complexity index is 1220. The number of rotatable bonds is 6. The number of hydrogen-bond acceptors (Lipinski definition) is 6. The van der Waals surface area contributed by atoms with Gasteiger partial charge in [-0.2, -0.15) is 0 Å². The second-order valence-corrected chi connectivity index (χ2v) is 8.05. The number of carbonyl (C=O) groups excluding carboxylic acids is 2. The standard InChI is InChI=1S/C21H20N2O6S/c1-3-29-21(26)14-7-9-15(10-8-14)23-30(27,28)19-12-11-16-17(20(19)25)5-4-6-18(16)22-13(2)24/h4-12,23,25H,3H2,1-2H3,(H,22,24). The highest BCUT2D eigenvalue weighted by molar-refractivity contribution is 7.92. The number of ether oxygens (including phenoxy) is 1. The fourth-order valence-electron chi connectivity index (χ4n) is 2.94. The zero-order valence-electron chi connectivity index (χ0n) is 16.3. The molecule has 156 valence electrons. The molecule has 0 aliphatic carbocycles. The van der Waals surface area contributed by atoms with E-state index in [1.165, 1.54) is 43.3 Å². The van der Waals surface area contributed by atoms with Crippen LogP contribution < -0.4 is 10.0 Å². The Kier molecular flexibility index (Phi) is 5.93. The largest absolute Gasteiger partial charge is 0.506 e. The van der Waals surface area contributed by atoms with Gasteiger partial charge in [0.05, 0.1) is 12.2 Å². The fourth-order valence-corrected chi connectivity index (χ4v) is 4.10. The minimum Gasteiger partial charge on any atom is -0.506 e. The molecule has 3 aromatic rings. The third-order valence-corrected chi connectivity index (χ3v) is 5.66. The van der Waals surface area contributed by atoms with Crippen molar-refractivity contribution in [1.82, 2.24) is 0 Å². The predicted octanol–water partition coefficient (Wildman–Crippen LogP) is 3.48. The van der Waals surface area contributed by atoms with E-state index in [9.17, 15) is 23.1 Å². The molecule has 0 atom stereocenters. The fraction of sp³-hybridized carbons (Fsp3) is 0.143. The van der Waals surface area contributed by atoms with Crippen molar-refractivity contribution in [1.29, 1.82) is 0 Å². The molecule has 3 rings (SSSR count). The summed E-state index contributed by atoms with van der Waals surface area (Å²) in [4.78, 5) is 22.8. The molecule has 3 aromatic carbocycles. The third-order valence-electron chi connectivity index (χ3n) is 4.24. The van der Waals surface area contributed by atoms with E-state index in [0.29, 0.717) is 16.6 Å². The van der Waals surface area contributed by atoms with Crippen LogP contribution in [0.2, 0.25) is 0 Å². The van der Waals surface area contributed by atoms with E-state index in [4.69, 9.17) is 4.74 Å². The van der Waals surface area contributed by atoms with Crippen molar-refractivity contribution in [2.45, 2.75) is 18.7 Å². The van der Waals surface area contributed by atoms with E-state index >= 15 is 0 Å². The van der Waals surface area contributed by atoms with Crippen LogP contribution in [0.3, 0.4) is 0 Å². The molecule has 0 aliphatic heterocycles. The second-order valence-electron chi connectivity index (χ2n) is 6.40. The number of phenolic OH excluding ortho intramolecular Hbond substituents is 1. The number of hydrogen-bond donors (Lipinski definition) is 3. The zero-order valence-corrected chi connectivity index (χ0v) is 17.1. The van der Waals surface area contributed by atoms with E-state index in [2.05, 4.69) is 10.0 Å². The average molecular weight is 428 g/mol. The average Bonchev–Trinajstić information content (AvgIpc) is 2.68. The van der Waals surface area contributed by atoms with Crippen molar-refractivity contribution < 1.29 is 27.9 Å². The van der Waals surface area contributed by atoms with Crippen molar-refractivity contribution in [3.05, 3.63) is 60.2 Å². The molecule has 0 fully saturated rings. The molecule has 1 amide bonds. The first-order chi connectivity index (χ1) is 14.2. The topological polar surface area (TPSA) is 122 Å². The summed E-state index contributed by atoms with van der Waals surface area (Å²) < 4.78 is 32.9. The first-order valence-electron chi connectivity index (χ1n) is 9.05. The van der Waals surface area contributed by atoms with Crippen LogP contribution in [0.25, 0.3) is 10.8 Å². The number of amides is 1. The quantitative estimate of drug-likeness (QED) is 0.517. The van der Waals surface area contributed by atoms with E-state index in [1.807, 2.05) is 0 Å². The van der Waals surface area contributed by atoms with Crippen molar-refractivity contribution in [2.75, 3.05) is 16.6 Å². The summed E-state index contributed by atoms with van der Waals surface area (Å²) in [6, 6.07) is 13.3. The van der Waals surface area contributed by atoms with Crippen molar-refractivity contribution in [3.8, 4) is 5.75 Å². The van der Waals surface area contributed by atoms with Crippen molar-refractivity contribution >= 4 is 44.0 Å². The van der Waals surface area contributed by atoms with E-state index < -0.39 is 21.7 Å². The summed E-state index contributed by atoms with van der Waals surface area (Å²) in [7, 11) is -4.12. The molecule has 8 nitrogen and oxygen atoms in total. The molecule has 0 radical (unpaired) electrons. The molecule has 30 heavy (non-hydrogen) atoms. The predicted molar refractivity (Wildman–Crippen MR) is 113 cm³/mol. The van der Waals surface area contributed by atoms with Crippen LogP contribution in [-0.2, 0) is 19.6 Å². The maximum absolute atomic E-state index is 12.8. The molecule has 0 aliphatic rings. The van der Waals surface area contributed by atoms with Gasteiger partial charge in [0.2, 0.25) is 5.91 Å². The van der Waals surface area contributed by atoms with Crippen molar-refractivity contribution in [3.63, 3.8) is 0 Å². The lowest BCUT2D eigenvalue weighted by atomic mass is 10.1. The monoisotopic (exact) mass is 428 g/mol. The van der Waals surface area contributed by atoms with Crippen LogP contribution >= 0.6 is 0 Å². The molecule has 0 saturated carbocycles. The SMILES string of the molecule is CCOC(=O)c1ccc(NS(=O)(=O)c2ccc3c(NC(C)=O)cccc3c2O)cc1. The Morgan fingerprint density at radius 3 is 2.33 bits per heavy atom. The molecule has 0 unspecified atom stereocenters. The van der Waals surface area contributed by atoms with Crippen LogP contribution in [0, 0.1) is 0 Å². The number of carbonyl (C=O) groups is 2. The van der Waals surface area contributed by atoms with Crippen molar-refractivity contribution in [2.24, 2.45) is 0 Å². The molecule has 0 heterocycles. The first kappa shape index (κ1) is 21.1. The van der Waals surface area contributed by atoms with Gasteiger partial charge in [-0.3, -0.25) is 9.52 Å². The smallest absolute Gasteiger partial charge is 0.338 e. The third kappa shape index (κ3) is 4.36. The van der Waals surface area contributed by atoms with Gasteiger partial charge >= 0.3 is 5.97 Å². The molecule has 0 spiro atoms. The lowest BCUT2D eigenvalue weighted by molar-refractivity contribution is -0.114. The summed E-state index contributed by atoms with van der Waals surface area (Å²) in [6.45, 7) is 3.28. The number of nitrogens with one attached hydrogen (secondary N) is 2. The Balaban J connectivity index is 1.93. The molecular formula is C21H20N2O6S. The summed E-state index contributed by atoms with van der Waals surface area (Å²) in [5, 5.41) is 14.0. The van der Waals surface area contributed by atoms with Crippen LogP contribution in [-0.4, -0.2) is 32.0 Å². The summed E-state index contributed by atoms with van der Waals surface area (Å²) in [5.74, 6) is -1.23. The van der Waals surface area contributed by atoms with Gasteiger partial charge in [-0.1, -0.05) is 18.2 Å². The van der Waals surface area contributed by atoms with Gasteiger partial charge in [0, 0.05) is 29.1 Å². The number of anilines is 2. The van der Waals surface area contributed by atoms with Crippen LogP contribution in [0.5, 0.6) is 5.75 Å². The van der Waals surface area contributed by atoms with Gasteiger partial charge in [-0.15, -0.1) is 0 Å². The minimum atomic E-state index is -4.12. The normalized spacial score (nSPS) is 11.1. The van der Waals surface area contributed by atoms with Gasteiger partial charge in [-0.05, 0) is 43.3 Å². The number of aromatic hydroxyl groups is 1. The maximum atomic E-state index is 12.8. The Morgan fingerprint density at radius 2 is 1.70 bits per heavy atom. The van der Waals surface area contributed by atoms with Gasteiger partial charge in [0.1, 0.15) is 10.6 Å².